The van der Waals surface area contributed by atoms with Gasteiger partial charge in [-0.2, -0.15) is 5.10 Å². The van der Waals surface area contributed by atoms with Crippen molar-refractivity contribution in [2.75, 3.05) is 6.54 Å². The number of rotatable bonds is 5. The summed E-state index contributed by atoms with van der Waals surface area (Å²) >= 11 is 1.17. The zero-order valence-electron chi connectivity index (χ0n) is 12.8. The minimum Gasteiger partial charge on any atom is -0.356 e. The molecule has 6 nitrogen and oxygen atoms in total. The largest absolute Gasteiger partial charge is 0.356 e. The molecule has 1 atom stereocenters. The van der Waals surface area contributed by atoms with E-state index < -0.39 is 5.25 Å². The molecule has 2 amide bonds. The number of hydrogen-bond donors (Lipinski definition) is 2. The fourth-order valence-electron chi connectivity index (χ4n) is 1.89. The van der Waals surface area contributed by atoms with Gasteiger partial charge in [0.2, 0.25) is 11.8 Å². The molecule has 1 heterocycles. The maximum atomic E-state index is 12.9. The fourth-order valence-corrected chi connectivity index (χ4v) is 2.81. The minimum absolute atomic E-state index is 0.101. The van der Waals surface area contributed by atoms with Crippen molar-refractivity contribution in [1.29, 1.82) is 0 Å². The van der Waals surface area contributed by atoms with Crippen molar-refractivity contribution in [3.8, 4) is 0 Å². The second-order valence-electron chi connectivity index (χ2n) is 4.85. The summed E-state index contributed by atoms with van der Waals surface area (Å²) in [5, 5.41) is 13.1. The molecule has 1 aromatic carbocycles. The molecule has 2 N–H and O–H groups in total. The van der Waals surface area contributed by atoms with Gasteiger partial charge < -0.3 is 10.6 Å². The first-order valence-corrected chi connectivity index (χ1v) is 8.00. The molecular weight excluding hydrogens is 319 g/mol. The lowest BCUT2D eigenvalue weighted by molar-refractivity contribution is -0.125. The second-order valence-corrected chi connectivity index (χ2v) is 6.04. The van der Waals surface area contributed by atoms with Crippen LogP contribution >= 0.6 is 11.8 Å². The number of nitrogens with zero attached hydrogens (tertiary/aromatic N) is 2. The molecule has 0 aliphatic carbocycles. The number of thioether (sulfide) groups is 1. The van der Waals surface area contributed by atoms with Crippen LogP contribution in [-0.4, -0.2) is 34.5 Å². The quantitative estimate of drug-likeness (QED) is 0.634. The van der Waals surface area contributed by atoms with E-state index in [1.165, 1.54) is 23.9 Å². The van der Waals surface area contributed by atoms with E-state index in [0.29, 0.717) is 17.4 Å². The van der Waals surface area contributed by atoms with Gasteiger partial charge in [0, 0.05) is 13.0 Å². The number of halogens is 1. The normalized spacial score (nSPS) is 19.8. The Morgan fingerprint density at radius 2 is 2.09 bits per heavy atom. The van der Waals surface area contributed by atoms with Gasteiger partial charge in [-0.3, -0.25) is 9.59 Å². The van der Waals surface area contributed by atoms with Gasteiger partial charge in [0.25, 0.3) is 0 Å². The Morgan fingerprint density at radius 1 is 1.39 bits per heavy atom. The Labute approximate surface area is 137 Å². The van der Waals surface area contributed by atoms with E-state index in [4.69, 9.17) is 0 Å². The summed E-state index contributed by atoms with van der Waals surface area (Å²) in [6.45, 7) is 4.09. The van der Waals surface area contributed by atoms with Crippen LogP contribution in [0.3, 0.4) is 0 Å². The molecule has 0 saturated carbocycles. The van der Waals surface area contributed by atoms with Crippen molar-refractivity contribution in [2.24, 2.45) is 10.2 Å². The maximum Gasteiger partial charge on any atom is 0.240 e. The van der Waals surface area contributed by atoms with Gasteiger partial charge >= 0.3 is 0 Å². The standard InChI is InChI=1S/C15H17FN4O2S/c1-3-17-13(21)8-12-14(22)18-15(23-12)20-19-9(2)10-4-6-11(16)7-5-10/h4-7,12H,3,8H2,1-2H3,(H,17,21)(H,18,20,22)/b19-9-. The molecule has 122 valence electrons. The minimum atomic E-state index is -0.498. The van der Waals surface area contributed by atoms with E-state index >= 15 is 0 Å². The highest BCUT2D eigenvalue weighted by atomic mass is 32.2. The number of amidine groups is 1. The van der Waals surface area contributed by atoms with Gasteiger partial charge in [-0.1, -0.05) is 23.9 Å². The number of nitrogens with one attached hydrogen (secondary N) is 2. The van der Waals surface area contributed by atoms with Gasteiger partial charge in [0.1, 0.15) is 11.1 Å². The molecule has 23 heavy (non-hydrogen) atoms. The van der Waals surface area contributed by atoms with E-state index in [0.717, 1.165) is 5.56 Å². The van der Waals surface area contributed by atoms with Crippen molar-refractivity contribution < 1.29 is 14.0 Å². The summed E-state index contributed by atoms with van der Waals surface area (Å²) in [4.78, 5) is 23.3. The van der Waals surface area contributed by atoms with Crippen molar-refractivity contribution in [3.05, 3.63) is 35.6 Å². The van der Waals surface area contributed by atoms with Gasteiger partial charge in [-0.15, -0.1) is 5.10 Å². The number of amides is 2. The van der Waals surface area contributed by atoms with E-state index in [2.05, 4.69) is 20.8 Å². The van der Waals surface area contributed by atoms with Crippen LogP contribution in [0.15, 0.2) is 34.5 Å². The summed E-state index contributed by atoms with van der Waals surface area (Å²) < 4.78 is 12.9. The Bertz CT molecular complexity index is 658. The van der Waals surface area contributed by atoms with Crippen molar-refractivity contribution in [1.82, 2.24) is 10.6 Å². The number of carbonyl (C=O) groups is 2. The molecule has 1 aromatic rings. The van der Waals surface area contributed by atoms with Crippen molar-refractivity contribution in [3.63, 3.8) is 0 Å². The first-order chi connectivity index (χ1) is 11.0. The summed E-state index contributed by atoms with van der Waals surface area (Å²) in [7, 11) is 0. The van der Waals surface area contributed by atoms with Crippen LogP contribution in [-0.2, 0) is 9.59 Å². The van der Waals surface area contributed by atoms with E-state index in [9.17, 15) is 14.0 Å². The predicted molar refractivity (Wildman–Crippen MR) is 88.9 cm³/mol. The Morgan fingerprint density at radius 3 is 2.74 bits per heavy atom. The highest BCUT2D eigenvalue weighted by Crippen LogP contribution is 2.22. The lowest BCUT2D eigenvalue weighted by Gasteiger charge is -2.04. The molecule has 1 saturated heterocycles. The fraction of sp³-hybridized carbons (Fsp3) is 0.333. The SMILES string of the molecule is CCNC(=O)CC1S/C(=N\N=C(\C)c2ccc(F)cc2)NC1=O. The van der Waals surface area contributed by atoms with Crippen LogP contribution in [0.1, 0.15) is 25.8 Å². The molecule has 1 fully saturated rings. The van der Waals surface area contributed by atoms with Gasteiger partial charge in [0.05, 0.1) is 5.71 Å². The average molecular weight is 336 g/mol. The summed E-state index contributed by atoms with van der Waals surface area (Å²) in [5.41, 5.74) is 1.34. The Kier molecular flexibility index (Phi) is 5.86. The predicted octanol–water partition coefficient (Wildman–Crippen LogP) is 1.66. The first kappa shape index (κ1) is 17.1. The molecule has 0 radical (unpaired) electrons. The average Bonchev–Trinajstić information content (AvgIpc) is 2.86. The molecule has 0 aromatic heterocycles. The van der Waals surface area contributed by atoms with Crippen LogP contribution in [0, 0.1) is 5.82 Å². The van der Waals surface area contributed by atoms with Crippen LogP contribution in [0.25, 0.3) is 0 Å². The van der Waals surface area contributed by atoms with Crippen LogP contribution < -0.4 is 10.6 Å². The highest BCUT2D eigenvalue weighted by Gasteiger charge is 2.32. The number of benzene rings is 1. The molecular formula is C15H17FN4O2S. The molecule has 0 bridgehead atoms. The third-order valence-electron chi connectivity index (χ3n) is 3.07. The Hall–Kier alpha value is -2.22. The van der Waals surface area contributed by atoms with E-state index in [-0.39, 0.29) is 24.1 Å². The van der Waals surface area contributed by atoms with Crippen molar-refractivity contribution >= 4 is 34.5 Å². The van der Waals surface area contributed by atoms with E-state index in [1.54, 1.807) is 19.1 Å². The van der Waals surface area contributed by atoms with Gasteiger partial charge in [-0.05, 0) is 31.5 Å². The monoisotopic (exact) mass is 336 g/mol. The molecule has 1 aliphatic heterocycles. The summed E-state index contributed by atoms with van der Waals surface area (Å²) in [5.74, 6) is -0.748. The maximum absolute atomic E-state index is 12.9. The molecule has 0 spiro atoms. The third-order valence-corrected chi connectivity index (χ3v) is 4.15. The van der Waals surface area contributed by atoms with Crippen molar-refractivity contribution in [2.45, 2.75) is 25.5 Å². The van der Waals surface area contributed by atoms with Crippen LogP contribution in [0.4, 0.5) is 4.39 Å². The summed E-state index contributed by atoms with van der Waals surface area (Å²) in [6, 6.07) is 5.89. The highest BCUT2D eigenvalue weighted by molar-refractivity contribution is 8.15. The van der Waals surface area contributed by atoms with Gasteiger partial charge in [-0.25, -0.2) is 4.39 Å². The first-order valence-electron chi connectivity index (χ1n) is 7.12. The summed E-state index contributed by atoms with van der Waals surface area (Å²) in [6.07, 6.45) is 0.101. The number of hydrogen-bond acceptors (Lipinski definition) is 5. The molecule has 8 heteroatoms. The zero-order valence-corrected chi connectivity index (χ0v) is 13.6. The smallest absolute Gasteiger partial charge is 0.240 e. The Balaban J connectivity index is 2.00. The van der Waals surface area contributed by atoms with Crippen LogP contribution in [0.2, 0.25) is 0 Å². The lowest BCUT2D eigenvalue weighted by atomic mass is 10.1. The van der Waals surface area contributed by atoms with Crippen LogP contribution in [0.5, 0.6) is 0 Å². The number of carbonyl (C=O) groups excluding carboxylic acids is 2. The lowest BCUT2D eigenvalue weighted by Crippen LogP contribution is -2.31. The third kappa shape index (κ3) is 4.88. The second kappa shape index (κ2) is 7.87. The van der Waals surface area contributed by atoms with E-state index in [1.807, 2.05) is 6.92 Å². The molecule has 1 aliphatic rings. The zero-order chi connectivity index (χ0) is 16.8. The van der Waals surface area contributed by atoms with Gasteiger partial charge in [0.15, 0.2) is 5.17 Å². The molecule has 2 rings (SSSR count). The topological polar surface area (TPSA) is 82.9 Å². The molecule has 1 unspecified atom stereocenters.